The van der Waals surface area contributed by atoms with Gasteiger partial charge in [0.05, 0.1) is 12.2 Å². The third-order valence-electron chi connectivity index (χ3n) is 2.11. The van der Waals surface area contributed by atoms with E-state index in [1.54, 1.807) is 0 Å². The number of benzene rings is 1. The zero-order chi connectivity index (χ0) is 12.9. The van der Waals surface area contributed by atoms with Gasteiger partial charge >= 0.3 is 6.18 Å². The van der Waals surface area contributed by atoms with Crippen molar-refractivity contribution in [2.24, 2.45) is 0 Å². The Kier molecular flexibility index (Phi) is 4.57. The van der Waals surface area contributed by atoms with Crippen LogP contribution in [0.15, 0.2) is 24.8 Å². The zero-order valence-electron chi connectivity index (χ0n) is 9.38. The predicted molar refractivity (Wildman–Crippen MR) is 58.9 cm³/mol. The smallest absolute Gasteiger partial charge is 0.417 e. The molecule has 1 aromatic rings. The first-order valence-electron chi connectivity index (χ1n) is 4.94. The average molecular weight is 246 g/mol. The summed E-state index contributed by atoms with van der Waals surface area (Å²) in [5, 5.41) is 0. The van der Waals surface area contributed by atoms with Crippen LogP contribution in [-0.4, -0.2) is 20.3 Å². The van der Waals surface area contributed by atoms with Gasteiger partial charge in [-0.1, -0.05) is 18.7 Å². The second-order valence-electron chi connectivity index (χ2n) is 3.29. The molecule has 0 heterocycles. The van der Waals surface area contributed by atoms with Crippen LogP contribution < -0.4 is 4.74 Å². The fraction of sp³-hybridized carbons (Fsp3) is 0.333. The summed E-state index contributed by atoms with van der Waals surface area (Å²) >= 11 is 0. The molecular weight excluding hydrogens is 233 g/mol. The summed E-state index contributed by atoms with van der Waals surface area (Å²) in [6.07, 6.45) is -3.24. The summed E-state index contributed by atoms with van der Waals surface area (Å²) in [4.78, 5) is 0. The minimum absolute atomic E-state index is 0.0385. The molecule has 5 heteroatoms. The maximum Gasteiger partial charge on any atom is 0.417 e. The van der Waals surface area contributed by atoms with E-state index in [0.29, 0.717) is 6.61 Å². The molecule has 0 aliphatic heterocycles. The number of alkyl halides is 3. The molecule has 1 aromatic carbocycles. The van der Waals surface area contributed by atoms with Gasteiger partial charge in [0.1, 0.15) is 12.4 Å². The highest BCUT2D eigenvalue weighted by Gasteiger charge is 2.33. The van der Waals surface area contributed by atoms with E-state index >= 15 is 0 Å². The first-order valence-corrected chi connectivity index (χ1v) is 4.94. The Labute approximate surface area is 97.7 Å². The van der Waals surface area contributed by atoms with Gasteiger partial charge in [0.15, 0.2) is 0 Å². The first kappa shape index (κ1) is 13.6. The molecule has 0 aromatic heterocycles. The minimum atomic E-state index is -4.41. The predicted octanol–water partition coefficient (Wildman–Crippen LogP) is 3.37. The van der Waals surface area contributed by atoms with Crippen LogP contribution in [0.5, 0.6) is 5.75 Å². The minimum Gasteiger partial charge on any atom is -0.491 e. The Bertz CT molecular complexity index is 386. The monoisotopic (exact) mass is 246 g/mol. The molecule has 0 unspecified atom stereocenters. The van der Waals surface area contributed by atoms with Crippen molar-refractivity contribution >= 4 is 6.08 Å². The van der Waals surface area contributed by atoms with Crippen LogP contribution in [0.2, 0.25) is 0 Å². The molecule has 0 radical (unpaired) electrons. The van der Waals surface area contributed by atoms with Crippen LogP contribution in [-0.2, 0) is 10.9 Å². The van der Waals surface area contributed by atoms with Crippen molar-refractivity contribution < 1.29 is 22.6 Å². The molecular formula is C12H13F3O2. The highest BCUT2D eigenvalue weighted by Crippen LogP contribution is 2.34. The van der Waals surface area contributed by atoms with E-state index in [-0.39, 0.29) is 17.9 Å². The maximum absolute atomic E-state index is 12.7. The van der Waals surface area contributed by atoms with Crippen LogP contribution in [0.1, 0.15) is 11.1 Å². The molecule has 2 nitrogen and oxygen atoms in total. The van der Waals surface area contributed by atoms with E-state index in [9.17, 15) is 13.2 Å². The number of halogens is 3. The van der Waals surface area contributed by atoms with E-state index in [1.165, 1.54) is 25.3 Å². The molecule has 0 aliphatic rings. The van der Waals surface area contributed by atoms with Crippen molar-refractivity contribution in [2.75, 3.05) is 20.3 Å². The molecule has 0 fully saturated rings. The van der Waals surface area contributed by atoms with Gasteiger partial charge in [-0.2, -0.15) is 13.2 Å². The van der Waals surface area contributed by atoms with Gasteiger partial charge in [0, 0.05) is 7.11 Å². The van der Waals surface area contributed by atoms with Crippen molar-refractivity contribution in [2.45, 2.75) is 6.18 Å². The quantitative estimate of drug-likeness (QED) is 0.741. The fourth-order valence-electron chi connectivity index (χ4n) is 1.29. The van der Waals surface area contributed by atoms with Crippen molar-refractivity contribution in [3.63, 3.8) is 0 Å². The molecule has 17 heavy (non-hydrogen) atoms. The normalized spacial score (nSPS) is 11.3. The second kappa shape index (κ2) is 5.72. The van der Waals surface area contributed by atoms with Crippen molar-refractivity contribution in [1.82, 2.24) is 0 Å². The molecule has 0 saturated carbocycles. The maximum atomic E-state index is 12.7. The van der Waals surface area contributed by atoms with E-state index in [0.717, 1.165) is 6.07 Å². The molecule has 0 spiro atoms. The molecule has 94 valence electrons. The lowest BCUT2D eigenvalue weighted by molar-refractivity contribution is -0.137. The number of ether oxygens (including phenoxy) is 2. The highest BCUT2D eigenvalue weighted by molar-refractivity contribution is 5.55. The Morgan fingerprint density at radius 1 is 1.29 bits per heavy atom. The summed E-state index contributed by atoms with van der Waals surface area (Å²) in [6, 6.07) is 3.77. The van der Waals surface area contributed by atoms with Crippen molar-refractivity contribution in [3.8, 4) is 5.75 Å². The van der Waals surface area contributed by atoms with Gasteiger partial charge in [0.25, 0.3) is 0 Å². The largest absolute Gasteiger partial charge is 0.491 e. The second-order valence-corrected chi connectivity index (χ2v) is 3.29. The highest BCUT2D eigenvalue weighted by atomic mass is 19.4. The summed E-state index contributed by atoms with van der Waals surface area (Å²) in [7, 11) is 1.49. The summed E-state index contributed by atoms with van der Waals surface area (Å²) in [5.74, 6) is 0.167. The van der Waals surface area contributed by atoms with Crippen LogP contribution in [0, 0.1) is 0 Å². The Morgan fingerprint density at radius 2 is 2.00 bits per heavy atom. The number of methoxy groups -OCH3 is 1. The Morgan fingerprint density at radius 3 is 2.53 bits per heavy atom. The molecule has 0 aliphatic carbocycles. The number of hydrogen-bond donors (Lipinski definition) is 0. The topological polar surface area (TPSA) is 18.5 Å². The van der Waals surface area contributed by atoms with Gasteiger partial charge in [-0.05, 0) is 17.7 Å². The van der Waals surface area contributed by atoms with Crippen molar-refractivity contribution in [1.29, 1.82) is 0 Å². The summed E-state index contributed by atoms with van der Waals surface area (Å²) < 4.78 is 47.9. The standard InChI is InChI=1S/C12H13F3O2/c1-3-9-4-5-10(17-7-6-16-2)8-11(9)12(13,14)15/h3-5,8H,1,6-7H2,2H3. The van der Waals surface area contributed by atoms with E-state index in [2.05, 4.69) is 6.58 Å². The Hall–Kier alpha value is -1.49. The SMILES string of the molecule is C=Cc1ccc(OCCOC)cc1C(F)(F)F. The Balaban J connectivity index is 2.93. The average Bonchev–Trinajstić information content (AvgIpc) is 2.28. The molecule has 0 bridgehead atoms. The molecule has 0 atom stereocenters. The summed E-state index contributed by atoms with van der Waals surface area (Å²) in [5.41, 5.74) is -0.709. The van der Waals surface area contributed by atoms with Gasteiger partial charge in [-0.3, -0.25) is 0 Å². The van der Waals surface area contributed by atoms with Crippen LogP contribution in [0.3, 0.4) is 0 Å². The lowest BCUT2D eigenvalue weighted by Crippen LogP contribution is -2.09. The third kappa shape index (κ3) is 3.78. The van der Waals surface area contributed by atoms with E-state index in [4.69, 9.17) is 9.47 Å². The fourth-order valence-corrected chi connectivity index (χ4v) is 1.29. The van der Waals surface area contributed by atoms with E-state index in [1.807, 2.05) is 0 Å². The lowest BCUT2D eigenvalue weighted by atomic mass is 10.1. The van der Waals surface area contributed by atoms with Gasteiger partial charge in [-0.15, -0.1) is 0 Å². The lowest BCUT2D eigenvalue weighted by Gasteiger charge is -2.13. The molecule has 0 amide bonds. The molecule has 0 saturated heterocycles. The number of rotatable bonds is 5. The third-order valence-corrected chi connectivity index (χ3v) is 2.11. The van der Waals surface area contributed by atoms with Gasteiger partial charge < -0.3 is 9.47 Å². The number of hydrogen-bond acceptors (Lipinski definition) is 2. The van der Waals surface area contributed by atoms with Crippen molar-refractivity contribution in [3.05, 3.63) is 35.9 Å². The van der Waals surface area contributed by atoms with Crippen LogP contribution >= 0.6 is 0 Å². The zero-order valence-corrected chi connectivity index (χ0v) is 9.38. The molecule has 1 rings (SSSR count). The first-order chi connectivity index (χ1) is 7.99. The van der Waals surface area contributed by atoms with Gasteiger partial charge in [-0.25, -0.2) is 0 Å². The molecule has 0 N–H and O–H groups in total. The van der Waals surface area contributed by atoms with Crippen LogP contribution in [0.4, 0.5) is 13.2 Å². The van der Waals surface area contributed by atoms with Gasteiger partial charge in [0.2, 0.25) is 0 Å². The summed E-state index contributed by atoms with van der Waals surface area (Å²) in [6.45, 7) is 3.88. The van der Waals surface area contributed by atoms with Crippen LogP contribution in [0.25, 0.3) is 6.08 Å². The van der Waals surface area contributed by atoms with E-state index < -0.39 is 11.7 Å².